The monoisotopic (exact) mass is 211 g/mol. The summed E-state index contributed by atoms with van der Waals surface area (Å²) < 4.78 is 5.84. The fourth-order valence-corrected chi connectivity index (χ4v) is 1.96. The molecule has 0 aromatic rings. The van der Waals surface area contributed by atoms with Gasteiger partial charge in [0.05, 0.1) is 12.7 Å². The third-order valence-electron chi connectivity index (χ3n) is 2.88. The van der Waals surface area contributed by atoms with Gasteiger partial charge in [-0.15, -0.1) is 0 Å². The molecular weight excluding hydrogens is 186 g/mol. The van der Waals surface area contributed by atoms with E-state index in [0.29, 0.717) is 6.10 Å². The van der Waals surface area contributed by atoms with Crippen molar-refractivity contribution in [1.29, 1.82) is 0 Å². The van der Waals surface area contributed by atoms with Crippen molar-refractivity contribution in [1.82, 2.24) is 5.32 Å². The summed E-state index contributed by atoms with van der Waals surface area (Å²) in [5.74, 6) is 0. The molecular formula is C13H25NO. The summed E-state index contributed by atoms with van der Waals surface area (Å²) in [6, 6.07) is 0. The first-order valence-electron chi connectivity index (χ1n) is 6.32. The number of hydrogen-bond acceptors (Lipinski definition) is 2. The second-order valence-electron chi connectivity index (χ2n) is 4.50. The van der Waals surface area contributed by atoms with Gasteiger partial charge in [0.1, 0.15) is 0 Å². The third kappa shape index (κ3) is 5.95. The lowest BCUT2D eigenvalue weighted by molar-refractivity contribution is 0.0421. The van der Waals surface area contributed by atoms with Crippen molar-refractivity contribution in [2.24, 2.45) is 0 Å². The Morgan fingerprint density at radius 2 is 2.07 bits per heavy atom. The van der Waals surface area contributed by atoms with Gasteiger partial charge >= 0.3 is 0 Å². The van der Waals surface area contributed by atoms with Crippen LogP contribution in [0.2, 0.25) is 0 Å². The van der Waals surface area contributed by atoms with Crippen molar-refractivity contribution in [3.8, 4) is 0 Å². The predicted octanol–water partition coefficient (Wildman–Crippen LogP) is 2.89. The van der Waals surface area contributed by atoms with Crippen LogP contribution >= 0.6 is 0 Å². The van der Waals surface area contributed by atoms with E-state index in [0.717, 1.165) is 19.7 Å². The first kappa shape index (κ1) is 12.7. The maximum Gasteiger partial charge on any atom is 0.0690 e. The third-order valence-corrected chi connectivity index (χ3v) is 2.88. The Hall–Kier alpha value is -0.340. The molecule has 2 nitrogen and oxygen atoms in total. The van der Waals surface area contributed by atoms with Gasteiger partial charge in [-0.05, 0) is 31.4 Å². The first-order chi connectivity index (χ1) is 7.33. The summed E-state index contributed by atoms with van der Waals surface area (Å²) in [4.78, 5) is 0. The van der Waals surface area contributed by atoms with Gasteiger partial charge in [-0.2, -0.15) is 0 Å². The van der Waals surface area contributed by atoms with E-state index in [9.17, 15) is 0 Å². The second-order valence-corrected chi connectivity index (χ2v) is 4.50. The van der Waals surface area contributed by atoms with Gasteiger partial charge in [-0.1, -0.05) is 32.8 Å². The highest BCUT2D eigenvalue weighted by molar-refractivity contribution is 4.97. The zero-order chi connectivity index (χ0) is 10.9. The lowest BCUT2D eigenvalue weighted by atomic mass is 9.98. The first-order valence-corrected chi connectivity index (χ1v) is 6.32. The Morgan fingerprint density at radius 3 is 2.73 bits per heavy atom. The highest BCUT2D eigenvalue weighted by atomic mass is 16.5. The number of ether oxygens (including phenoxy) is 1. The average Bonchev–Trinajstić information content (AvgIpc) is 2.28. The lowest BCUT2D eigenvalue weighted by Gasteiger charge is -2.22. The molecule has 0 spiro atoms. The van der Waals surface area contributed by atoms with Crippen LogP contribution < -0.4 is 5.32 Å². The fourth-order valence-electron chi connectivity index (χ4n) is 1.96. The largest absolute Gasteiger partial charge is 0.374 e. The van der Waals surface area contributed by atoms with E-state index in [1.807, 2.05) is 0 Å². The van der Waals surface area contributed by atoms with Gasteiger partial charge in [0, 0.05) is 6.54 Å². The zero-order valence-electron chi connectivity index (χ0n) is 10.1. The Labute approximate surface area is 94.1 Å². The molecule has 0 atom stereocenters. The molecule has 0 radical (unpaired) electrons. The van der Waals surface area contributed by atoms with Crippen molar-refractivity contribution in [3.63, 3.8) is 0 Å². The van der Waals surface area contributed by atoms with E-state index in [4.69, 9.17) is 4.74 Å². The Morgan fingerprint density at radius 1 is 1.33 bits per heavy atom. The molecule has 15 heavy (non-hydrogen) atoms. The molecule has 1 fully saturated rings. The SMILES string of the molecule is C=C(CNCCC)COC1CCCCC1. The predicted molar refractivity (Wildman–Crippen MR) is 65.1 cm³/mol. The van der Waals surface area contributed by atoms with Crippen LogP contribution in [0.4, 0.5) is 0 Å². The molecule has 0 heterocycles. The van der Waals surface area contributed by atoms with Gasteiger partial charge in [0.15, 0.2) is 0 Å². The molecule has 1 rings (SSSR count). The molecule has 2 heteroatoms. The van der Waals surface area contributed by atoms with Gasteiger partial charge in [0.2, 0.25) is 0 Å². The summed E-state index contributed by atoms with van der Waals surface area (Å²) >= 11 is 0. The number of hydrogen-bond donors (Lipinski definition) is 1. The second kappa shape index (κ2) is 7.89. The minimum absolute atomic E-state index is 0.502. The van der Waals surface area contributed by atoms with Crippen LogP contribution in [-0.2, 0) is 4.74 Å². The highest BCUT2D eigenvalue weighted by Gasteiger charge is 2.13. The Kier molecular flexibility index (Phi) is 6.69. The summed E-state index contributed by atoms with van der Waals surface area (Å²) in [5, 5.41) is 3.34. The summed E-state index contributed by atoms with van der Waals surface area (Å²) in [6.45, 7) is 8.91. The van der Waals surface area contributed by atoms with E-state index in [-0.39, 0.29) is 0 Å². The average molecular weight is 211 g/mol. The van der Waals surface area contributed by atoms with E-state index < -0.39 is 0 Å². The van der Waals surface area contributed by atoms with Crippen LogP contribution in [0.1, 0.15) is 45.4 Å². The van der Waals surface area contributed by atoms with E-state index in [1.165, 1.54) is 44.1 Å². The van der Waals surface area contributed by atoms with Gasteiger partial charge in [0.25, 0.3) is 0 Å². The Balaban J connectivity index is 2.00. The maximum atomic E-state index is 5.84. The minimum Gasteiger partial charge on any atom is -0.374 e. The smallest absolute Gasteiger partial charge is 0.0690 e. The Bertz CT molecular complexity index is 173. The van der Waals surface area contributed by atoms with Crippen LogP contribution in [0.3, 0.4) is 0 Å². The molecule has 0 aromatic carbocycles. The molecule has 0 aromatic heterocycles. The zero-order valence-corrected chi connectivity index (χ0v) is 10.1. The molecule has 1 aliphatic rings. The van der Waals surface area contributed by atoms with Crippen molar-refractivity contribution in [2.45, 2.75) is 51.6 Å². The van der Waals surface area contributed by atoms with Crippen LogP contribution in [0, 0.1) is 0 Å². The fraction of sp³-hybridized carbons (Fsp3) is 0.846. The van der Waals surface area contributed by atoms with Crippen LogP contribution in [0.15, 0.2) is 12.2 Å². The lowest BCUT2D eigenvalue weighted by Crippen LogP contribution is -2.22. The van der Waals surface area contributed by atoms with Crippen LogP contribution in [0.25, 0.3) is 0 Å². The van der Waals surface area contributed by atoms with E-state index in [1.54, 1.807) is 0 Å². The van der Waals surface area contributed by atoms with E-state index in [2.05, 4.69) is 18.8 Å². The summed E-state index contributed by atoms with van der Waals surface area (Å²) in [5.41, 5.74) is 1.18. The normalized spacial score (nSPS) is 17.9. The molecule has 88 valence electrons. The molecule has 1 N–H and O–H groups in total. The van der Waals surface area contributed by atoms with Gasteiger partial charge in [-0.25, -0.2) is 0 Å². The molecule has 0 amide bonds. The molecule has 0 saturated heterocycles. The maximum absolute atomic E-state index is 5.84. The highest BCUT2D eigenvalue weighted by Crippen LogP contribution is 2.20. The quantitative estimate of drug-likeness (QED) is 0.516. The molecule has 1 aliphatic carbocycles. The molecule has 0 unspecified atom stereocenters. The van der Waals surface area contributed by atoms with Gasteiger partial charge < -0.3 is 10.1 Å². The van der Waals surface area contributed by atoms with E-state index >= 15 is 0 Å². The van der Waals surface area contributed by atoms with Crippen molar-refractivity contribution < 1.29 is 4.74 Å². The molecule has 1 saturated carbocycles. The van der Waals surface area contributed by atoms with Crippen molar-refractivity contribution in [2.75, 3.05) is 19.7 Å². The van der Waals surface area contributed by atoms with Crippen molar-refractivity contribution in [3.05, 3.63) is 12.2 Å². The summed E-state index contributed by atoms with van der Waals surface area (Å²) in [6.07, 6.45) is 8.24. The van der Waals surface area contributed by atoms with Crippen LogP contribution in [0.5, 0.6) is 0 Å². The van der Waals surface area contributed by atoms with Crippen molar-refractivity contribution >= 4 is 0 Å². The topological polar surface area (TPSA) is 21.3 Å². The minimum atomic E-state index is 0.502. The molecule has 0 bridgehead atoms. The number of nitrogens with one attached hydrogen (secondary N) is 1. The molecule has 0 aliphatic heterocycles. The van der Waals surface area contributed by atoms with Crippen LogP contribution in [-0.4, -0.2) is 25.8 Å². The van der Waals surface area contributed by atoms with Gasteiger partial charge in [-0.3, -0.25) is 0 Å². The standard InChI is InChI=1S/C13H25NO/c1-3-9-14-10-12(2)11-15-13-7-5-4-6-8-13/h13-14H,2-11H2,1H3. The summed E-state index contributed by atoms with van der Waals surface area (Å²) in [7, 11) is 0. The number of rotatable bonds is 7.